The number of amides is 2. The zero-order valence-electron chi connectivity index (χ0n) is 21.5. The maximum Gasteiger partial charge on any atom is 0.409 e. The van der Waals surface area contributed by atoms with Crippen molar-refractivity contribution in [3.8, 4) is 17.1 Å². The van der Waals surface area contributed by atoms with Gasteiger partial charge >= 0.3 is 6.09 Å². The van der Waals surface area contributed by atoms with Gasteiger partial charge in [0.25, 0.3) is 5.91 Å². The molecule has 1 aromatic carbocycles. The summed E-state index contributed by atoms with van der Waals surface area (Å²) >= 11 is 0. The Kier molecular flexibility index (Phi) is 6.49. The number of anilines is 1. The van der Waals surface area contributed by atoms with Crippen molar-refractivity contribution >= 4 is 23.3 Å². The van der Waals surface area contributed by atoms with Gasteiger partial charge < -0.3 is 29.3 Å². The van der Waals surface area contributed by atoms with Crippen LogP contribution >= 0.6 is 0 Å². The number of benzene rings is 1. The number of fused-ring (bicyclic) bond motifs is 1. The van der Waals surface area contributed by atoms with Gasteiger partial charge in [-0.2, -0.15) is 4.98 Å². The standard InChI is InChI=1S/C26H28N6O6/c1-15-5-6-16(22-29-24(38-30-22)17-12-31(13-17)25(35)36-4)9-19(15)28-23(34)20-11-27-21-10-18(7-8-32(20)21)37-26(2,3)14-33/h5-11,17,33H,12-14H2,1-4H3,(H,28,34). The molecule has 1 fully saturated rings. The first kappa shape index (κ1) is 25.2. The Morgan fingerprint density at radius 1 is 1.24 bits per heavy atom. The summed E-state index contributed by atoms with van der Waals surface area (Å²) in [6.07, 6.45) is 2.81. The summed E-state index contributed by atoms with van der Waals surface area (Å²) in [7, 11) is 1.34. The highest BCUT2D eigenvalue weighted by Crippen LogP contribution is 2.30. The van der Waals surface area contributed by atoms with Crippen molar-refractivity contribution in [2.24, 2.45) is 0 Å². The van der Waals surface area contributed by atoms with E-state index in [0.717, 1.165) is 5.56 Å². The zero-order chi connectivity index (χ0) is 27.0. The van der Waals surface area contributed by atoms with Crippen LogP contribution in [0.25, 0.3) is 17.0 Å². The second-order valence-electron chi connectivity index (χ2n) is 9.77. The molecular weight excluding hydrogens is 492 g/mol. The van der Waals surface area contributed by atoms with Crippen molar-refractivity contribution in [2.45, 2.75) is 32.3 Å². The average Bonchev–Trinajstić information content (AvgIpc) is 3.51. The molecule has 0 unspecified atom stereocenters. The van der Waals surface area contributed by atoms with Gasteiger partial charge in [-0.25, -0.2) is 9.78 Å². The Morgan fingerprint density at radius 2 is 2.03 bits per heavy atom. The summed E-state index contributed by atoms with van der Waals surface area (Å²) in [6.45, 7) is 6.21. The van der Waals surface area contributed by atoms with Crippen LogP contribution in [-0.2, 0) is 4.74 Å². The second kappa shape index (κ2) is 9.78. The van der Waals surface area contributed by atoms with E-state index in [0.29, 0.717) is 53.1 Å². The molecule has 4 aromatic rings. The van der Waals surface area contributed by atoms with Crippen molar-refractivity contribution in [3.05, 3.63) is 59.9 Å². The van der Waals surface area contributed by atoms with Crippen molar-refractivity contribution in [1.29, 1.82) is 0 Å². The quantitative estimate of drug-likeness (QED) is 0.375. The van der Waals surface area contributed by atoms with Crippen LogP contribution in [0.4, 0.5) is 10.5 Å². The topological polar surface area (TPSA) is 144 Å². The minimum Gasteiger partial charge on any atom is -0.485 e. The Labute approximate surface area is 218 Å². The number of imidazole rings is 1. The van der Waals surface area contributed by atoms with E-state index in [-0.39, 0.29) is 24.5 Å². The monoisotopic (exact) mass is 520 g/mol. The molecule has 38 heavy (non-hydrogen) atoms. The van der Waals surface area contributed by atoms with Gasteiger partial charge in [0.15, 0.2) is 0 Å². The zero-order valence-corrected chi connectivity index (χ0v) is 21.5. The molecule has 0 aliphatic carbocycles. The highest BCUT2D eigenvalue weighted by atomic mass is 16.5. The lowest BCUT2D eigenvalue weighted by molar-refractivity contribution is 0.0412. The van der Waals surface area contributed by atoms with Crippen LogP contribution in [0.1, 0.15) is 41.7 Å². The van der Waals surface area contributed by atoms with Gasteiger partial charge in [-0.15, -0.1) is 0 Å². The van der Waals surface area contributed by atoms with Gasteiger partial charge in [0.1, 0.15) is 22.7 Å². The summed E-state index contributed by atoms with van der Waals surface area (Å²) in [5.41, 5.74) is 2.27. The number of aromatic nitrogens is 4. The fourth-order valence-electron chi connectivity index (χ4n) is 4.06. The number of pyridine rings is 1. The van der Waals surface area contributed by atoms with E-state index in [1.54, 1.807) is 47.5 Å². The molecule has 3 aromatic heterocycles. The molecule has 1 aliphatic heterocycles. The number of carbonyl (C=O) groups excluding carboxylic acids is 2. The number of methoxy groups -OCH3 is 1. The van der Waals surface area contributed by atoms with Crippen LogP contribution in [0.3, 0.4) is 0 Å². The fraction of sp³-hybridized carbons (Fsp3) is 0.346. The van der Waals surface area contributed by atoms with Crippen LogP contribution in [0, 0.1) is 6.92 Å². The normalized spacial score (nSPS) is 13.9. The van der Waals surface area contributed by atoms with Crippen LogP contribution < -0.4 is 10.1 Å². The fourth-order valence-corrected chi connectivity index (χ4v) is 4.06. The number of aliphatic hydroxyl groups is 1. The molecule has 4 heterocycles. The van der Waals surface area contributed by atoms with E-state index in [9.17, 15) is 14.7 Å². The number of rotatable bonds is 7. The molecule has 1 aliphatic rings. The van der Waals surface area contributed by atoms with E-state index in [2.05, 4.69) is 20.4 Å². The number of nitrogens with one attached hydrogen (secondary N) is 1. The maximum absolute atomic E-state index is 13.2. The first-order valence-corrected chi connectivity index (χ1v) is 12.0. The smallest absolute Gasteiger partial charge is 0.409 e. The van der Waals surface area contributed by atoms with Gasteiger partial charge in [0.05, 0.1) is 25.8 Å². The molecule has 0 spiro atoms. The van der Waals surface area contributed by atoms with Crippen molar-refractivity contribution in [1.82, 2.24) is 24.4 Å². The van der Waals surface area contributed by atoms with E-state index in [1.165, 1.54) is 13.3 Å². The van der Waals surface area contributed by atoms with E-state index >= 15 is 0 Å². The van der Waals surface area contributed by atoms with Crippen LogP contribution in [-0.4, -0.2) is 73.9 Å². The predicted molar refractivity (Wildman–Crippen MR) is 136 cm³/mol. The molecule has 0 saturated carbocycles. The Balaban J connectivity index is 1.31. The number of likely N-dealkylation sites (tertiary alicyclic amines) is 1. The molecule has 5 rings (SSSR count). The van der Waals surface area contributed by atoms with Gasteiger partial charge in [-0.1, -0.05) is 17.3 Å². The Morgan fingerprint density at radius 3 is 2.76 bits per heavy atom. The first-order chi connectivity index (χ1) is 18.2. The van der Waals surface area contributed by atoms with Gasteiger partial charge in [0, 0.05) is 36.6 Å². The van der Waals surface area contributed by atoms with Crippen LogP contribution in [0.5, 0.6) is 5.75 Å². The lowest BCUT2D eigenvalue weighted by Gasteiger charge is -2.35. The first-order valence-electron chi connectivity index (χ1n) is 12.0. The predicted octanol–water partition coefficient (Wildman–Crippen LogP) is 3.26. The molecule has 12 nitrogen and oxygen atoms in total. The molecule has 198 valence electrons. The van der Waals surface area contributed by atoms with Crippen molar-refractivity contribution in [2.75, 3.05) is 32.1 Å². The van der Waals surface area contributed by atoms with E-state index in [1.807, 2.05) is 19.1 Å². The van der Waals surface area contributed by atoms with Crippen LogP contribution in [0.15, 0.2) is 47.2 Å². The Bertz CT molecular complexity index is 1500. The molecule has 12 heteroatoms. The molecule has 1 saturated heterocycles. The second-order valence-corrected chi connectivity index (χ2v) is 9.77. The highest BCUT2D eigenvalue weighted by molar-refractivity contribution is 6.04. The molecule has 0 atom stereocenters. The summed E-state index contributed by atoms with van der Waals surface area (Å²) in [5, 5.41) is 16.5. The molecule has 0 radical (unpaired) electrons. The molecule has 2 N–H and O–H groups in total. The third-order valence-electron chi connectivity index (χ3n) is 6.34. The number of hydrogen-bond acceptors (Lipinski definition) is 9. The van der Waals surface area contributed by atoms with Crippen molar-refractivity contribution < 1.29 is 28.7 Å². The average molecular weight is 521 g/mol. The summed E-state index contributed by atoms with van der Waals surface area (Å²) in [4.78, 5) is 35.1. The SMILES string of the molecule is COC(=O)N1CC(c2nc(-c3ccc(C)c(NC(=O)c4cnc5cc(OC(C)(C)CO)ccn45)c3)no2)C1. The largest absolute Gasteiger partial charge is 0.485 e. The third-order valence-corrected chi connectivity index (χ3v) is 6.34. The van der Waals surface area contributed by atoms with E-state index in [4.69, 9.17) is 14.0 Å². The Hall–Kier alpha value is -4.45. The van der Waals surface area contributed by atoms with Gasteiger partial charge in [0.2, 0.25) is 11.7 Å². The minimum absolute atomic E-state index is 0.0456. The number of ether oxygens (including phenoxy) is 2. The summed E-state index contributed by atoms with van der Waals surface area (Å²) in [5.74, 6) is 0.990. The number of carbonyl (C=O) groups is 2. The van der Waals surface area contributed by atoms with Gasteiger partial charge in [-0.3, -0.25) is 9.20 Å². The highest BCUT2D eigenvalue weighted by Gasteiger charge is 2.36. The number of aliphatic hydroxyl groups excluding tert-OH is 1. The van der Waals surface area contributed by atoms with E-state index < -0.39 is 5.60 Å². The summed E-state index contributed by atoms with van der Waals surface area (Å²) < 4.78 is 17.6. The number of hydrogen-bond donors (Lipinski definition) is 2. The number of nitrogens with zero attached hydrogens (tertiary/aromatic N) is 5. The molecule has 0 bridgehead atoms. The minimum atomic E-state index is -0.742. The maximum atomic E-state index is 13.2. The van der Waals surface area contributed by atoms with Crippen molar-refractivity contribution in [3.63, 3.8) is 0 Å². The van der Waals surface area contributed by atoms with Crippen LogP contribution in [0.2, 0.25) is 0 Å². The lowest BCUT2D eigenvalue weighted by Crippen LogP contribution is -2.48. The lowest BCUT2D eigenvalue weighted by atomic mass is 10.0. The summed E-state index contributed by atoms with van der Waals surface area (Å²) in [6, 6.07) is 8.93. The van der Waals surface area contributed by atoms with Gasteiger partial charge in [-0.05, 0) is 38.5 Å². The number of aryl methyl sites for hydroxylation is 1. The third kappa shape index (κ3) is 4.90. The molecular formula is C26H28N6O6. The molecule has 2 amide bonds.